The number of nitrogens with one attached hydrogen (secondary N) is 2. The Morgan fingerprint density at radius 3 is 2.41 bits per heavy atom. The summed E-state index contributed by atoms with van der Waals surface area (Å²) < 4.78 is 1.00. The first-order valence-corrected chi connectivity index (χ1v) is 6.53. The van der Waals surface area contributed by atoms with Gasteiger partial charge in [-0.3, -0.25) is 4.79 Å². The molecule has 0 aliphatic rings. The van der Waals surface area contributed by atoms with Gasteiger partial charge in [0, 0.05) is 15.7 Å². The zero-order valence-electron chi connectivity index (χ0n) is 10.5. The number of halogens is 1. The van der Waals surface area contributed by atoms with Crippen molar-refractivity contribution in [3.8, 4) is 0 Å². The predicted octanol–water partition coefficient (Wildman–Crippen LogP) is 3.17. The van der Waals surface area contributed by atoms with Gasteiger partial charge < -0.3 is 10.6 Å². The molecule has 0 spiro atoms. The van der Waals surface area contributed by atoms with Gasteiger partial charge in [-0.1, -0.05) is 22.9 Å². The van der Waals surface area contributed by atoms with E-state index in [0.29, 0.717) is 6.54 Å². The smallest absolute Gasteiger partial charge is 0.238 e. The molecule has 0 aromatic heterocycles. The Labute approximate surface area is 111 Å². The highest BCUT2D eigenvalue weighted by Gasteiger charge is 2.15. The van der Waals surface area contributed by atoms with Crippen molar-refractivity contribution in [1.29, 1.82) is 0 Å². The molecule has 0 saturated heterocycles. The monoisotopic (exact) mass is 298 g/mol. The molecule has 1 amide bonds. The lowest BCUT2D eigenvalue weighted by Gasteiger charge is -2.24. The SMILES string of the molecule is CCC(C)(C)NCC(=O)Nc1ccc(Br)cc1. The molecule has 0 bridgehead atoms. The summed E-state index contributed by atoms with van der Waals surface area (Å²) >= 11 is 3.35. The summed E-state index contributed by atoms with van der Waals surface area (Å²) in [5.74, 6) is -0.0196. The molecule has 0 aliphatic carbocycles. The normalized spacial score (nSPS) is 11.3. The molecule has 2 N–H and O–H groups in total. The minimum absolute atomic E-state index is 0.00292. The van der Waals surface area contributed by atoms with Gasteiger partial charge in [0.2, 0.25) is 5.91 Å². The van der Waals surface area contributed by atoms with E-state index < -0.39 is 0 Å². The lowest BCUT2D eigenvalue weighted by Crippen LogP contribution is -2.43. The number of benzene rings is 1. The van der Waals surface area contributed by atoms with E-state index in [0.717, 1.165) is 16.6 Å². The lowest BCUT2D eigenvalue weighted by molar-refractivity contribution is -0.115. The number of amides is 1. The quantitative estimate of drug-likeness (QED) is 0.877. The van der Waals surface area contributed by atoms with Crippen LogP contribution in [0, 0.1) is 0 Å². The van der Waals surface area contributed by atoms with Crippen LogP contribution in [0.3, 0.4) is 0 Å². The highest BCUT2D eigenvalue weighted by Crippen LogP contribution is 2.14. The maximum absolute atomic E-state index is 11.7. The molecule has 3 nitrogen and oxygen atoms in total. The number of hydrogen-bond donors (Lipinski definition) is 2. The molecule has 1 rings (SSSR count). The van der Waals surface area contributed by atoms with Crippen molar-refractivity contribution in [1.82, 2.24) is 5.32 Å². The molecule has 0 heterocycles. The average Bonchev–Trinajstić information content (AvgIpc) is 2.30. The van der Waals surface area contributed by atoms with Gasteiger partial charge in [-0.15, -0.1) is 0 Å². The molecule has 1 aromatic carbocycles. The standard InChI is InChI=1S/C13H19BrN2O/c1-4-13(2,3)15-9-12(17)16-11-7-5-10(14)6-8-11/h5-8,15H,4,9H2,1-3H3,(H,16,17). The zero-order chi connectivity index (χ0) is 12.9. The van der Waals surface area contributed by atoms with Crippen molar-refractivity contribution in [3.05, 3.63) is 28.7 Å². The van der Waals surface area contributed by atoms with Crippen LogP contribution >= 0.6 is 15.9 Å². The summed E-state index contributed by atoms with van der Waals surface area (Å²) in [4.78, 5) is 11.7. The number of anilines is 1. The van der Waals surface area contributed by atoms with Gasteiger partial charge in [-0.05, 0) is 44.5 Å². The Kier molecular flexibility index (Phi) is 5.15. The maximum Gasteiger partial charge on any atom is 0.238 e. The zero-order valence-corrected chi connectivity index (χ0v) is 12.1. The summed E-state index contributed by atoms with van der Waals surface area (Å²) in [6.07, 6.45) is 0.985. The van der Waals surface area contributed by atoms with Crippen LogP contribution in [0.1, 0.15) is 27.2 Å². The highest BCUT2D eigenvalue weighted by atomic mass is 79.9. The van der Waals surface area contributed by atoms with Crippen molar-refractivity contribution in [2.75, 3.05) is 11.9 Å². The molecule has 0 fully saturated rings. The van der Waals surface area contributed by atoms with Crippen molar-refractivity contribution in [2.24, 2.45) is 0 Å². The van der Waals surface area contributed by atoms with E-state index in [1.165, 1.54) is 0 Å². The Morgan fingerprint density at radius 1 is 1.29 bits per heavy atom. The fraction of sp³-hybridized carbons (Fsp3) is 0.462. The number of carbonyl (C=O) groups is 1. The third-order valence-electron chi connectivity index (χ3n) is 2.74. The van der Waals surface area contributed by atoms with Crippen molar-refractivity contribution in [2.45, 2.75) is 32.7 Å². The molecule has 0 aliphatic heterocycles. The van der Waals surface area contributed by atoms with Crippen LogP contribution in [0.2, 0.25) is 0 Å². The second kappa shape index (κ2) is 6.17. The Hall–Kier alpha value is -0.870. The molecule has 4 heteroatoms. The van der Waals surface area contributed by atoms with Gasteiger partial charge in [-0.25, -0.2) is 0 Å². The van der Waals surface area contributed by atoms with Crippen LogP contribution in [0.15, 0.2) is 28.7 Å². The summed E-state index contributed by atoms with van der Waals surface area (Å²) in [7, 11) is 0. The maximum atomic E-state index is 11.7. The first-order valence-electron chi connectivity index (χ1n) is 5.73. The average molecular weight is 299 g/mol. The predicted molar refractivity (Wildman–Crippen MR) is 75.1 cm³/mol. The minimum atomic E-state index is -0.0196. The first-order chi connectivity index (χ1) is 7.93. The Morgan fingerprint density at radius 2 is 1.88 bits per heavy atom. The van der Waals surface area contributed by atoms with E-state index in [4.69, 9.17) is 0 Å². The van der Waals surface area contributed by atoms with Crippen molar-refractivity contribution in [3.63, 3.8) is 0 Å². The Balaban J connectivity index is 2.42. The molecule has 17 heavy (non-hydrogen) atoms. The fourth-order valence-corrected chi connectivity index (χ4v) is 1.45. The molecular weight excluding hydrogens is 280 g/mol. The van der Waals surface area contributed by atoms with E-state index in [9.17, 15) is 4.79 Å². The Bertz CT molecular complexity index is 374. The van der Waals surface area contributed by atoms with Gasteiger partial charge in [0.1, 0.15) is 0 Å². The van der Waals surface area contributed by atoms with E-state index >= 15 is 0 Å². The second-order valence-electron chi connectivity index (χ2n) is 4.65. The van der Waals surface area contributed by atoms with Crippen LogP contribution in [-0.2, 0) is 4.79 Å². The molecule has 0 saturated carbocycles. The van der Waals surface area contributed by atoms with Crippen LogP contribution in [0.5, 0.6) is 0 Å². The van der Waals surface area contributed by atoms with E-state index in [2.05, 4.69) is 47.3 Å². The lowest BCUT2D eigenvalue weighted by atomic mass is 10.0. The summed E-state index contributed by atoms with van der Waals surface area (Å²) in [5.41, 5.74) is 0.811. The van der Waals surface area contributed by atoms with E-state index in [1.807, 2.05) is 24.3 Å². The summed E-state index contributed by atoms with van der Waals surface area (Å²) in [5, 5.41) is 6.06. The minimum Gasteiger partial charge on any atom is -0.325 e. The van der Waals surface area contributed by atoms with Gasteiger partial charge in [0.15, 0.2) is 0 Å². The molecule has 94 valence electrons. The fourth-order valence-electron chi connectivity index (χ4n) is 1.18. The van der Waals surface area contributed by atoms with Crippen LogP contribution in [0.25, 0.3) is 0 Å². The van der Waals surface area contributed by atoms with Crippen molar-refractivity contribution < 1.29 is 4.79 Å². The van der Waals surface area contributed by atoms with Crippen LogP contribution < -0.4 is 10.6 Å². The first kappa shape index (κ1) is 14.2. The molecule has 0 atom stereocenters. The van der Waals surface area contributed by atoms with E-state index in [1.54, 1.807) is 0 Å². The molecule has 0 unspecified atom stereocenters. The molecule has 0 radical (unpaired) electrons. The second-order valence-corrected chi connectivity index (χ2v) is 5.56. The number of carbonyl (C=O) groups excluding carboxylic acids is 1. The topological polar surface area (TPSA) is 41.1 Å². The van der Waals surface area contributed by atoms with Gasteiger partial charge in [0.05, 0.1) is 6.54 Å². The number of rotatable bonds is 5. The third kappa shape index (κ3) is 5.33. The van der Waals surface area contributed by atoms with Gasteiger partial charge >= 0.3 is 0 Å². The molecular formula is C13H19BrN2O. The third-order valence-corrected chi connectivity index (χ3v) is 3.27. The van der Waals surface area contributed by atoms with Gasteiger partial charge in [-0.2, -0.15) is 0 Å². The van der Waals surface area contributed by atoms with Crippen molar-refractivity contribution >= 4 is 27.5 Å². The summed E-state index contributed by atoms with van der Waals surface area (Å²) in [6.45, 7) is 6.59. The summed E-state index contributed by atoms with van der Waals surface area (Å²) in [6, 6.07) is 7.54. The molecule has 1 aromatic rings. The highest BCUT2D eigenvalue weighted by molar-refractivity contribution is 9.10. The van der Waals surface area contributed by atoms with E-state index in [-0.39, 0.29) is 11.4 Å². The van der Waals surface area contributed by atoms with Crippen LogP contribution in [0.4, 0.5) is 5.69 Å². The number of hydrogen-bond acceptors (Lipinski definition) is 2. The van der Waals surface area contributed by atoms with Gasteiger partial charge in [0.25, 0.3) is 0 Å². The largest absolute Gasteiger partial charge is 0.325 e. The van der Waals surface area contributed by atoms with Crippen LogP contribution in [-0.4, -0.2) is 18.0 Å².